The first kappa shape index (κ1) is 30.6. The molecule has 0 radical (unpaired) electrons. The first-order valence-electron chi connectivity index (χ1n) is 15.1. The fourth-order valence-electron chi connectivity index (χ4n) is 6.39. The van der Waals surface area contributed by atoms with Crippen LogP contribution in [0.25, 0.3) is 44.1 Å². The number of halogens is 5. The molecule has 8 rings (SSSR count). The number of fused-ring (bicyclic) bond motifs is 6. The van der Waals surface area contributed by atoms with E-state index >= 15 is 0 Å². The number of amides is 2. The molecule has 0 aliphatic carbocycles. The molecule has 0 unspecified atom stereocenters. The van der Waals surface area contributed by atoms with Crippen molar-refractivity contribution in [2.45, 2.75) is 25.9 Å². The van der Waals surface area contributed by atoms with E-state index in [1.54, 1.807) is 24.3 Å². The average molecular weight is 659 g/mol. The second kappa shape index (κ2) is 12.3. The molecule has 47 heavy (non-hydrogen) atoms. The van der Waals surface area contributed by atoms with Gasteiger partial charge in [-0.15, -0.1) is 0 Å². The van der Waals surface area contributed by atoms with Crippen molar-refractivity contribution in [1.82, 2.24) is 19.8 Å². The zero-order valence-corrected chi connectivity index (χ0v) is 25.6. The molecule has 4 heterocycles. The summed E-state index contributed by atoms with van der Waals surface area (Å²) in [5.41, 5.74) is 5.02. The minimum atomic E-state index is -0.995. The van der Waals surface area contributed by atoms with Crippen LogP contribution in [0.4, 0.5) is 17.6 Å². The number of nitrogens with zero attached hydrogens (tertiary/aromatic N) is 2. The summed E-state index contributed by atoms with van der Waals surface area (Å²) in [6, 6.07) is 19.8. The molecule has 0 saturated carbocycles. The van der Waals surface area contributed by atoms with E-state index in [0.29, 0.717) is 58.1 Å². The standard InChI is InChI=1S/C18H14ClFN2O.C18H13F3N2O/c19-13-4-2-11(3-5-13)15-10-14(20)8-12-9-16-18(23)21-6-1-7-22(16)17(12)15;19-12-6-11-8-16-18(24)22-4-1-5-23(16)17(11)13(9-12)10-2-3-14(20)15(21)7-10/h2-5,8-10H,1,6-7H2,(H,21,23);2-3,6-9H,1,4-5H2,(H,22,24). The second-order valence-electron chi connectivity index (χ2n) is 11.5. The van der Waals surface area contributed by atoms with Crippen molar-refractivity contribution in [1.29, 1.82) is 0 Å². The highest BCUT2D eigenvalue weighted by Crippen LogP contribution is 2.35. The Morgan fingerprint density at radius 3 is 1.57 bits per heavy atom. The largest absolute Gasteiger partial charge is 0.351 e. The Hall–Kier alpha value is -5.09. The highest BCUT2D eigenvalue weighted by Gasteiger charge is 2.23. The molecule has 2 amide bonds. The number of aromatic nitrogens is 2. The highest BCUT2D eigenvalue weighted by molar-refractivity contribution is 6.30. The number of nitrogens with one attached hydrogen (secondary N) is 2. The van der Waals surface area contributed by atoms with Crippen molar-refractivity contribution in [2.75, 3.05) is 13.1 Å². The second-order valence-corrected chi connectivity index (χ2v) is 11.9. The van der Waals surface area contributed by atoms with Crippen LogP contribution in [0.15, 0.2) is 78.9 Å². The number of rotatable bonds is 2. The number of hydrogen-bond acceptors (Lipinski definition) is 2. The first-order valence-corrected chi connectivity index (χ1v) is 15.5. The van der Waals surface area contributed by atoms with E-state index in [-0.39, 0.29) is 17.6 Å². The molecular weight excluding hydrogens is 632 g/mol. The summed E-state index contributed by atoms with van der Waals surface area (Å²) < 4.78 is 58.7. The lowest BCUT2D eigenvalue weighted by Gasteiger charge is -2.11. The van der Waals surface area contributed by atoms with Crippen molar-refractivity contribution in [2.24, 2.45) is 0 Å². The van der Waals surface area contributed by atoms with E-state index in [0.717, 1.165) is 53.5 Å². The van der Waals surface area contributed by atoms with E-state index in [9.17, 15) is 27.2 Å². The van der Waals surface area contributed by atoms with Gasteiger partial charge in [-0.25, -0.2) is 17.6 Å². The molecule has 0 bridgehead atoms. The maximum absolute atomic E-state index is 14.1. The van der Waals surface area contributed by atoms with Gasteiger partial charge in [0.15, 0.2) is 11.6 Å². The summed E-state index contributed by atoms with van der Waals surface area (Å²) in [6.45, 7) is 2.52. The summed E-state index contributed by atoms with van der Waals surface area (Å²) in [5, 5.41) is 7.59. The average Bonchev–Trinajstić information content (AvgIpc) is 3.47. The van der Waals surface area contributed by atoms with Gasteiger partial charge in [-0.2, -0.15) is 0 Å². The van der Waals surface area contributed by atoms with Crippen molar-refractivity contribution < 1.29 is 27.2 Å². The predicted molar refractivity (Wildman–Crippen MR) is 173 cm³/mol. The van der Waals surface area contributed by atoms with Gasteiger partial charge in [-0.3, -0.25) is 9.59 Å². The first-order chi connectivity index (χ1) is 22.7. The lowest BCUT2D eigenvalue weighted by Crippen LogP contribution is -2.22. The molecule has 0 atom stereocenters. The quantitative estimate of drug-likeness (QED) is 0.185. The van der Waals surface area contributed by atoms with E-state index < -0.39 is 17.5 Å². The number of hydrogen-bond donors (Lipinski definition) is 2. The fraction of sp³-hybridized carbons (Fsp3) is 0.167. The summed E-state index contributed by atoms with van der Waals surface area (Å²) >= 11 is 5.95. The third kappa shape index (κ3) is 5.74. The summed E-state index contributed by atoms with van der Waals surface area (Å²) in [6.07, 6.45) is 1.58. The van der Waals surface area contributed by atoms with E-state index in [1.165, 1.54) is 30.3 Å². The van der Waals surface area contributed by atoms with Gasteiger partial charge in [-0.1, -0.05) is 29.8 Å². The van der Waals surface area contributed by atoms with Gasteiger partial charge in [0.1, 0.15) is 23.0 Å². The van der Waals surface area contributed by atoms with Crippen LogP contribution in [-0.4, -0.2) is 34.0 Å². The normalized spacial score (nSPS) is 14.4. The Morgan fingerprint density at radius 1 is 0.574 bits per heavy atom. The molecule has 0 saturated heterocycles. The molecule has 4 aromatic carbocycles. The van der Waals surface area contributed by atoms with E-state index in [4.69, 9.17) is 11.6 Å². The zero-order valence-electron chi connectivity index (χ0n) is 24.8. The fourth-order valence-corrected chi connectivity index (χ4v) is 6.51. The third-order valence-corrected chi connectivity index (χ3v) is 8.71. The van der Waals surface area contributed by atoms with Crippen molar-refractivity contribution in [3.8, 4) is 22.3 Å². The van der Waals surface area contributed by atoms with Crippen LogP contribution in [0.3, 0.4) is 0 Å². The molecule has 11 heteroatoms. The minimum Gasteiger partial charge on any atom is -0.351 e. The molecular formula is C36H27ClF4N4O2. The molecule has 0 spiro atoms. The minimum absolute atomic E-state index is 0.110. The predicted octanol–water partition coefficient (Wildman–Crippen LogP) is 8.09. The van der Waals surface area contributed by atoms with Crippen LogP contribution in [0.1, 0.15) is 33.8 Å². The number of carbonyl (C=O) groups is 2. The lowest BCUT2D eigenvalue weighted by atomic mass is 10.0. The molecule has 6 aromatic rings. The molecule has 2 N–H and O–H groups in total. The summed E-state index contributed by atoms with van der Waals surface area (Å²) in [4.78, 5) is 24.4. The molecule has 2 aromatic heterocycles. The van der Waals surface area contributed by atoms with Crippen molar-refractivity contribution >= 4 is 45.2 Å². The van der Waals surface area contributed by atoms with Crippen molar-refractivity contribution in [3.05, 3.63) is 119 Å². The van der Waals surface area contributed by atoms with Crippen molar-refractivity contribution in [3.63, 3.8) is 0 Å². The van der Waals surface area contributed by atoms with Crippen LogP contribution < -0.4 is 10.6 Å². The topological polar surface area (TPSA) is 68.1 Å². The van der Waals surface area contributed by atoms with Gasteiger partial charge in [0.25, 0.3) is 11.8 Å². The highest BCUT2D eigenvalue weighted by atomic mass is 35.5. The molecule has 238 valence electrons. The molecule has 6 nitrogen and oxygen atoms in total. The Morgan fingerprint density at radius 2 is 1.06 bits per heavy atom. The lowest BCUT2D eigenvalue weighted by molar-refractivity contribution is 0.0943. The van der Waals surface area contributed by atoms with Gasteiger partial charge in [-0.05, 0) is 84.6 Å². The Labute approximate surface area is 271 Å². The Kier molecular flexibility index (Phi) is 7.97. The van der Waals surface area contributed by atoms with Gasteiger partial charge in [0, 0.05) is 53.1 Å². The van der Waals surface area contributed by atoms with Gasteiger partial charge < -0.3 is 19.8 Å². The monoisotopic (exact) mass is 658 g/mol. The molecule has 0 fully saturated rings. The summed E-state index contributed by atoms with van der Waals surface area (Å²) in [5.74, 6) is -3.10. The maximum atomic E-state index is 14.1. The Bertz CT molecular complexity index is 2210. The molecule has 2 aliphatic heterocycles. The van der Waals surface area contributed by atoms with Gasteiger partial charge in [0.2, 0.25) is 0 Å². The number of benzene rings is 4. The van der Waals surface area contributed by atoms with Crippen LogP contribution in [-0.2, 0) is 13.1 Å². The SMILES string of the molecule is O=C1NCCCn2c1cc1cc(F)cc(-c3ccc(Cl)cc3)c12.O=C1NCCCn2c1cc1cc(F)cc(-c3ccc(F)c(F)c3)c12. The third-order valence-electron chi connectivity index (χ3n) is 8.45. The molecule has 2 aliphatic rings. The van der Waals surface area contributed by atoms with Crippen LogP contribution in [0.5, 0.6) is 0 Å². The smallest absolute Gasteiger partial charge is 0.267 e. The number of aryl methyl sites for hydroxylation is 2. The Balaban J connectivity index is 0.000000150. The summed E-state index contributed by atoms with van der Waals surface area (Å²) in [7, 11) is 0. The zero-order chi connectivity index (χ0) is 32.8. The van der Waals surface area contributed by atoms with Gasteiger partial charge >= 0.3 is 0 Å². The van der Waals surface area contributed by atoms with Gasteiger partial charge in [0.05, 0.1) is 11.0 Å². The van der Waals surface area contributed by atoms with Crippen LogP contribution in [0.2, 0.25) is 5.02 Å². The number of carbonyl (C=O) groups excluding carboxylic acids is 2. The van der Waals surface area contributed by atoms with Crippen LogP contribution >= 0.6 is 11.6 Å². The maximum Gasteiger partial charge on any atom is 0.267 e. The van der Waals surface area contributed by atoms with E-state index in [1.807, 2.05) is 21.3 Å². The van der Waals surface area contributed by atoms with Crippen LogP contribution in [0, 0.1) is 23.3 Å². The van der Waals surface area contributed by atoms with E-state index in [2.05, 4.69) is 10.6 Å².